The van der Waals surface area contributed by atoms with E-state index in [9.17, 15) is 13.6 Å². The van der Waals surface area contributed by atoms with E-state index in [1.807, 2.05) is 18.2 Å². The van der Waals surface area contributed by atoms with Crippen molar-refractivity contribution in [3.63, 3.8) is 0 Å². The molecule has 5 rings (SSSR count). The molecule has 0 saturated carbocycles. The van der Waals surface area contributed by atoms with Crippen molar-refractivity contribution in [2.24, 2.45) is 0 Å². The summed E-state index contributed by atoms with van der Waals surface area (Å²) in [6, 6.07) is 19.9. The normalized spacial score (nSPS) is 14.0. The molecule has 0 atom stereocenters. The van der Waals surface area contributed by atoms with Crippen molar-refractivity contribution in [1.29, 1.82) is 0 Å². The van der Waals surface area contributed by atoms with Crippen LogP contribution >= 0.6 is 0 Å². The first-order valence-corrected chi connectivity index (χ1v) is 11.7. The summed E-state index contributed by atoms with van der Waals surface area (Å²) < 4.78 is 26.8. The quantitative estimate of drug-likeness (QED) is 0.351. The number of piperazine rings is 1. The lowest BCUT2D eigenvalue weighted by Crippen LogP contribution is -2.44. The number of nitrogens with zero attached hydrogens (tertiary/aromatic N) is 3. The Hall–Kier alpha value is -4.24. The molecule has 184 valence electrons. The third-order valence-electron chi connectivity index (χ3n) is 6.24. The van der Waals surface area contributed by atoms with Crippen molar-refractivity contribution in [2.45, 2.75) is 0 Å². The highest BCUT2D eigenvalue weighted by Crippen LogP contribution is 2.27. The molecule has 0 radical (unpaired) electrons. The monoisotopic (exact) mass is 488 g/mol. The topological polar surface area (TPSA) is 76.3 Å². The first-order chi connectivity index (χ1) is 17.4. The minimum absolute atomic E-state index is 0.105. The summed E-state index contributed by atoms with van der Waals surface area (Å²) in [5.41, 5.74) is 5.26. The molecule has 7 nitrogen and oxygen atoms in total. The first kappa shape index (κ1) is 23.5. The largest absolute Gasteiger partial charge is 0.369 e. The van der Waals surface area contributed by atoms with Crippen molar-refractivity contribution in [3.05, 3.63) is 84.4 Å². The van der Waals surface area contributed by atoms with Gasteiger partial charge in [-0.3, -0.25) is 5.10 Å². The van der Waals surface area contributed by atoms with E-state index < -0.39 is 17.7 Å². The molecule has 1 saturated heterocycles. The number of anilines is 3. The lowest BCUT2D eigenvalue weighted by molar-refractivity contribution is 0.262. The average molecular weight is 489 g/mol. The van der Waals surface area contributed by atoms with Gasteiger partial charge < -0.3 is 20.4 Å². The zero-order chi connectivity index (χ0) is 25.1. The number of aromatic amines is 1. The van der Waals surface area contributed by atoms with Gasteiger partial charge in [0.15, 0.2) is 0 Å². The van der Waals surface area contributed by atoms with Crippen LogP contribution in [0.2, 0.25) is 0 Å². The number of hydrogen-bond donors (Lipinski definition) is 3. The second-order valence-corrected chi connectivity index (χ2v) is 8.78. The van der Waals surface area contributed by atoms with Gasteiger partial charge in [-0.25, -0.2) is 13.6 Å². The van der Waals surface area contributed by atoms with Crippen molar-refractivity contribution in [1.82, 2.24) is 15.1 Å². The molecule has 36 heavy (non-hydrogen) atoms. The van der Waals surface area contributed by atoms with Gasteiger partial charge in [-0.15, -0.1) is 0 Å². The van der Waals surface area contributed by atoms with Gasteiger partial charge in [-0.2, -0.15) is 5.10 Å². The van der Waals surface area contributed by atoms with Crippen molar-refractivity contribution in [3.8, 4) is 22.5 Å². The fourth-order valence-corrected chi connectivity index (χ4v) is 4.13. The summed E-state index contributed by atoms with van der Waals surface area (Å²) in [6.07, 6.45) is 0. The van der Waals surface area contributed by atoms with Crippen molar-refractivity contribution in [2.75, 3.05) is 48.8 Å². The Morgan fingerprint density at radius 2 is 1.56 bits per heavy atom. The van der Waals surface area contributed by atoms with E-state index in [0.717, 1.165) is 54.8 Å². The van der Waals surface area contributed by atoms with Crippen LogP contribution in [-0.4, -0.2) is 54.4 Å². The van der Waals surface area contributed by atoms with Crippen molar-refractivity contribution < 1.29 is 13.6 Å². The number of aromatic nitrogens is 2. The van der Waals surface area contributed by atoms with Crippen LogP contribution in [0.15, 0.2) is 72.8 Å². The molecular weight excluding hydrogens is 462 g/mol. The highest BCUT2D eigenvalue weighted by molar-refractivity contribution is 5.99. The van der Waals surface area contributed by atoms with Gasteiger partial charge in [0.2, 0.25) is 0 Å². The standard InChI is InChI=1S/C27H26F2N6O/c1-34-12-14-35(15-13-34)22-9-4-19(5-10-22)26-17-25(32-33-26)18-2-7-21(8-3-18)30-27(36)31-24-11-6-20(28)16-23(24)29/h2-11,16-17H,12-15H2,1H3,(H,32,33)(H2,30,31,36). The van der Waals surface area contributed by atoms with Gasteiger partial charge in [0.25, 0.3) is 0 Å². The highest BCUT2D eigenvalue weighted by atomic mass is 19.1. The van der Waals surface area contributed by atoms with Gasteiger partial charge in [0.1, 0.15) is 11.6 Å². The maximum atomic E-state index is 13.7. The van der Waals surface area contributed by atoms with Crippen LogP contribution in [-0.2, 0) is 0 Å². The Morgan fingerprint density at radius 1 is 0.861 bits per heavy atom. The molecule has 9 heteroatoms. The lowest BCUT2D eigenvalue weighted by atomic mass is 10.1. The molecule has 1 aromatic heterocycles. The van der Waals surface area contributed by atoms with E-state index in [1.54, 1.807) is 12.1 Å². The van der Waals surface area contributed by atoms with Crippen LogP contribution in [0.3, 0.4) is 0 Å². The molecular formula is C27H26F2N6O. The molecule has 3 aromatic carbocycles. The molecule has 1 aliphatic rings. The molecule has 0 aliphatic carbocycles. The number of benzene rings is 3. The van der Waals surface area contributed by atoms with Gasteiger partial charge in [-0.1, -0.05) is 24.3 Å². The van der Waals surface area contributed by atoms with Crippen LogP contribution < -0.4 is 15.5 Å². The summed E-state index contributed by atoms with van der Waals surface area (Å²) in [5, 5.41) is 12.5. The number of carbonyl (C=O) groups is 1. The number of carbonyl (C=O) groups excluding carboxylic acids is 1. The molecule has 0 bridgehead atoms. The fourth-order valence-electron chi connectivity index (χ4n) is 4.13. The van der Waals surface area contributed by atoms with Crippen molar-refractivity contribution >= 4 is 23.1 Å². The third kappa shape index (κ3) is 5.36. The molecule has 1 aliphatic heterocycles. The average Bonchev–Trinajstić information content (AvgIpc) is 3.37. The minimum atomic E-state index is -0.843. The summed E-state index contributed by atoms with van der Waals surface area (Å²) in [4.78, 5) is 16.9. The molecule has 0 unspecified atom stereocenters. The lowest BCUT2D eigenvalue weighted by Gasteiger charge is -2.34. The second kappa shape index (κ2) is 10.2. The molecule has 3 N–H and O–H groups in total. The number of urea groups is 1. The Kier molecular flexibility index (Phi) is 6.64. The number of amides is 2. The number of rotatable bonds is 5. The minimum Gasteiger partial charge on any atom is -0.369 e. The molecule has 0 spiro atoms. The van der Waals surface area contributed by atoms with Gasteiger partial charge in [-0.05, 0) is 55.1 Å². The Morgan fingerprint density at radius 3 is 2.25 bits per heavy atom. The summed E-state index contributed by atoms with van der Waals surface area (Å²) in [6.45, 7) is 4.18. The predicted octanol–water partition coefficient (Wildman–Crippen LogP) is 5.42. The number of H-pyrrole nitrogens is 1. The van der Waals surface area contributed by atoms with Crippen LogP contribution in [0.4, 0.5) is 30.6 Å². The Labute approximate surface area is 207 Å². The maximum absolute atomic E-state index is 13.7. The first-order valence-electron chi connectivity index (χ1n) is 11.7. The Balaban J connectivity index is 1.21. The van der Waals surface area contributed by atoms with Crippen LogP contribution in [0.25, 0.3) is 22.5 Å². The van der Waals surface area contributed by atoms with Gasteiger partial charge in [0, 0.05) is 49.2 Å². The molecule has 4 aromatic rings. The van der Waals surface area contributed by atoms with E-state index in [0.29, 0.717) is 11.8 Å². The van der Waals surface area contributed by atoms with E-state index in [1.165, 1.54) is 11.8 Å². The van der Waals surface area contributed by atoms with E-state index in [2.05, 4.69) is 61.9 Å². The zero-order valence-electron chi connectivity index (χ0n) is 19.8. The summed E-state index contributed by atoms with van der Waals surface area (Å²) >= 11 is 0. The second-order valence-electron chi connectivity index (χ2n) is 8.78. The van der Waals surface area contributed by atoms with Crippen LogP contribution in [0.1, 0.15) is 0 Å². The maximum Gasteiger partial charge on any atom is 0.323 e. The van der Waals surface area contributed by atoms with E-state index >= 15 is 0 Å². The van der Waals surface area contributed by atoms with E-state index in [4.69, 9.17) is 0 Å². The number of hydrogen-bond acceptors (Lipinski definition) is 4. The van der Waals surface area contributed by atoms with Crippen LogP contribution in [0, 0.1) is 11.6 Å². The molecule has 2 heterocycles. The molecule has 1 fully saturated rings. The Bertz CT molecular complexity index is 1350. The highest BCUT2D eigenvalue weighted by Gasteiger charge is 2.15. The molecule has 2 amide bonds. The number of nitrogens with one attached hydrogen (secondary N) is 3. The zero-order valence-corrected chi connectivity index (χ0v) is 19.8. The van der Waals surface area contributed by atoms with Gasteiger partial charge in [0.05, 0.1) is 17.1 Å². The smallest absolute Gasteiger partial charge is 0.323 e. The van der Waals surface area contributed by atoms with Crippen LogP contribution in [0.5, 0.6) is 0 Å². The predicted molar refractivity (Wildman–Crippen MR) is 138 cm³/mol. The summed E-state index contributed by atoms with van der Waals surface area (Å²) in [5.74, 6) is -1.55. The number of likely N-dealkylation sites (N-methyl/N-ethyl adjacent to an activating group) is 1. The number of halogens is 2. The SMILES string of the molecule is CN1CCN(c2ccc(-c3cc(-c4ccc(NC(=O)Nc5ccc(F)cc5F)cc4)[nH]n3)cc2)CC1. The fraction of sp³-hybridized carbons (Fsp3) is 0.185. The van der Waals surface area contributed by atoms with Gasteiger partial charge >= 0.3 is 6.03 Å². The summed E-state index contributed by atoms with van der Waals surface area (Å²) in [7, 11) is 2.15. The third-order valence-corrected chi connectivity index (χ3v) is 6.24. The van der Waals surface area contributed by atoms with E-state index in [-0.39, 0.29) is 5.69 Å².